The molecule has 0 heterocycles. The Morgan fingerprint density at radius 3 is 2.33 bits per heavy atom. The van der Waals surface area contributed by atoms with Crippen LogP contribution >= 0.6 is 0 Å². The molecule has 0 bridgehead atoms. The molecule has 0 aliphatic heterocycles. The molecule has 6 nitrogen and oxygen atoms in total. The number of nitrogens with one attached hydrogen (secondary N) is 1. The van der Waals surface area contributed by atoms with E-state index in [9.17, 15) is 9.59 Å². The van der Waals surface area contributed by atoms with E-state index < -0.39 is 0 Å². The maximum atomic E-state index is 12.3. The minimum absolute atomic E-state index is 0.160. The number of hydrogen-bond acceptors (Lipinski definition) is 4. The van der Waals surface area contributed by atoms with Crippen LogP contribution in [0.5, 0.6) is 11.5 Å². The molecule has 27 heavy (non-hydrogen) atoms. The molecule has 2 aromatic carbocycles. The summed E-state index contributed by atoms with van der Waals surface area (Å²) in [6.07, 6.45) is 0.160. The largest absolute Gasteiger partial charge is 0.497 e. The van der Waals surface area contributed by atoms with Gasteiger partial charge in [-0.3, -0.25) is 9.59 Å². The lowest BCUT2D eigenvalue weighted by molar-refractivity contribution is -0.117. The topological polar surface area (TPSA) is 67.9 Å². The number of hydrogen-bond donors (Lipinski definition) is 1. The third-order valence-electron chi connectivity index (χ3n) is 4.41. The molecule has 0 aliphatic carbocycles. The number of methoxy groups -OCH3 is 2. The predicted octanol–water partition coefficient (Wildman–Crippen LogP) is 3.70. The first-order valence-electron chi connectivity index (χ1n) is 8.73. The maximum Gasteiger partial charge on any atom is 0.226 e. The Labute approximate surface area is 160 Å². The Kier molecular flexibility index (Phi) is 6.82. The highest BCUT2D eigenvalue weighted by Crippen LogP contribution is 2.32. The first-order valence-corrected chi connectivity index (χ1v) is 8.73. The number of amides is 2. The number of rotatable bonds is 7. The van der Waals surface area contributed by atoms with E-state index >= 15 is 0 Å². The molecule has 0 aromatic heterocycles. The molecule has 2 amide bonds. The fourth-order valence-electron chi connectivity index (χ4n) is 2.71. The Balaban J connectivity index is 2.11. The average Bonchev–Trinajstić information content (AvgIpc) is 2.64. The van der Waals surface area contributed by atoms with E-state index in [0.717, 1.165) is 11.3 Å². The van der Waals surface area contributed by atoms with Crippen LogP contribution in [0.15, 0.2) is 36.4 Å². The maximum absolute atomic E-state index is 12.3. The molecular weight excluding hydrogens is 344 g/mol. The summed E-state index contributed by atoms with van der Waals surface area (Å²) in [5, 5.41) is 2.87. The van der Waals surface area contributed by atoms with Crippen LogP contribution in [0, 0.1) is 13.8 Å². The van der Waals surface area contributed by atoms with Crippen LogP contribution < -0.4 is 19.7 Å². The lowest BCUT2D eigenvalue weighted by Crippen LogP contribution is -2.32. The van der Waals surface area contributed by atoms with Crippen molar-refractivity contribution >= 4 is 23.2 Å². The normalized spacial score (nSPS) is 10.3. The second kappa shape index (κ2) is 9.07. The Hall–Kier alpha value is -3.02. The molecule has 0 saturated heterocycles. The molecule has 0 atom stereocenters. The minimum Gasteiger partial charge on any atom is -0.497 e. The second-order valence-electron chi connectivity index (χ2n) is 6.31. The fraction of sp³-hybridized carbons (Fsp3) is 0.333. The van der Waals surface area contributed by atoms with Crippen LogP contribution in [0.1, 0.15) is 24.5 Å². The molecule has 2 aromatic rings. The van der Waals surface area contributed by atoms with Gasteiger partial charge in [-0.1, -0.05) is 6.07 Å². The fourth-order valence-corrected chi connectivity index (χ4v) is 2.71. The van der Waals surface area contributed by atoms with Gasteiger partial charge in [0.25, 0.3) is 0 Å². The monoisotopic (exact) mass is 370 g/mol. The third kappa shape index (κ3) is 5.23. The summed E-state index contributed by atoms with van der Waals surface area (Å²) in [5.74, 6) is 0.809. The molecule has 0 fully saturated rings. The van der Waals surface area contributed by atoms with Crippen LogP contribution in [0.4, 0.5) is 11.4 Å². The third-order valence-corrected chi connectivity index (χ3v) is 4.41. The quantitative estimate of drug-likeness (QED) is 0.807. The highest BCUT2D eigenvalue weighted by molar-refractivity contribution is 5.96. The summed E-state index contributed by atoms with van der Waals surface area (Å²) in [6, 6.07) is 11.0. The zero-order valence-corrected chi connectivity index (χ0v) is 16.5. The van der Waals surface area contributed by atoms with E-state index in [0.29, 0.717) is 17.2 Å². The van der Waals surface area contributed by atoms with Gasteiger partial charge in [0.2, 0.25) is 11.8 Å². The van der Waals surface area contributed by atoms with Crippen LogP contribution in [0.3, 0.4) is 0 Å². The Morgan fingerprint density at radius 1 is 1.00 bits per heavy atom. The van der Waals surface area contributed by atoms with Gasteiger partial charge in [-0.25, -0.2) is 0 Å². The summed E-state index contributed by atoms with van der Waals surface area (Å²) in [7, 11) is 3.09. The van der Waals surface area contributed by atoms with E-state index in [-0.39, 0.29) is 24.8 Å². The van der Waals surface area contributed by atoms with Gasteiger partial charge in [0.05, 0.1) is 19.9 Å². The van der Waals surface area contributed by atoms with Crippen LogP contribution in [-0.4, -0.2) is 32.6 Å². The molecule has 0 saturated carbocycles. The van der Waals surface area contributed by atoms with E-state index in [1.807, 2.05) is 32.0 Å². The molecular formula is C21H26N2O4. The summed E-state index contributed by atoms with van der Waals surface area (Å²) in [6.45, 7) is 5.71. The van der Waals surface area contributed by atoms with Gasteiger partial charge in [0, 0.05) is 31.6 Å². The molecule has 2 rings (SSSR count). The predicted molar refractivity (Wildman–Crippen MR) is 107 cm³/mol. The van der Waals surface area contributed by atoms with Gasteiger partial charge in [0.1, 0.15) is 11.5 Å². The van der Waals surface area contributed by atoms with Gasteiger partial charge in [-0.2, -0.15) is 0 Å². The van der Waals surface area contributed by atoms with Crippen molar-refractivity contribution in [2.24, 2.45) is 0 Å². The van der Waals surface area contributed by atoms with Gasteiger partial charge in [0.15, 0.2) is 0 Å². The van der Waals surface area contributed by atoms with E-state index in [2.05, 4.69) is 5.32 Å². The van der Waals surface area contributed by atoms with Crippen molar-refractivity contribution < 1.29 is 19.1 Å². The highest BCUT2D eigenvalue weighted by atomic mass is 16.5. The van der Waals surface area contributed by atoms with Crippen molar-refractivity contribution in [1.29, 1.82) is 0 Å². The van der Waals surface area contributed by atoms with Crippen molar-refractivity contribution in [3.8, 4) is 11.5 Å². The molecule has 144 valence electrons. The van der Waals surface area contributed by atoms with Crippen molar-refractivity contribution in [3.63, 3.8) is 0 Å². The summed E-state index contributed by atoms with van der Waals surface area (Å²) >= 11 is 0. The zero-order chi connectivity index (χ0) is 20.0. The number of anilines is 2. The Bertz CT molecular complexity index is 833. The first-order chi connectivity index (χ1) is 12.8. The van der Waals surface area contributed by atoms with Crippen LogP contribution in [0.2, 0.25) is 0 Å². The lowest BCUT2D eigenvalue weighted by atomic mass is 10.1. The number of nitrogens with zero attached hydrogens (tertiary/aromatic N) is 1. The second-order valence-corrected chi connectivity index (χ2v) is 6.31. The van der Waals surface area contributed by atoms with Crippen LogP contribution in [0.25, 0.3) is 0 Å². The average molecular weight is 370 g/mol. The molecule has 0 spiro atoms. The van der Waals surface area contributed by atoms with Crippen molar-refractivity contribution in [1.82, 2.24) is 0 Å². The lowest BCUT2D eigenvalue weighted by Gasteiger charge is -2.23. The number of aryl methyl sites for hydroxylation is 2. The van der Waals surface area contributed by atoms with Gasteiger partial charge in [-0.05, 0) is 49.2 Å². The van der Waals surface area contributed by atoms with E-state index in [1.54, 1.807) is 25.3 Å². The van der Waals surface area contributed by atoms with Gasteiger partial charge >= 0.3 is 0 Å². The van der Waals surface area contributed by atoms with Crippen molar-refractivity contribution in [2.75, 3.05) is 31.0 Å². The SMILES string of the molecule is COc1ccc(OC)c(N(CCC(=O)Nc2ccc(C)c(C)c2)C(C)=O)c1. The number of ether oxygens (including phenoxy) is 2. The van der Waals surface area contributed by atoms with Gasteiger partial charge < -0.3 is 19.7 Å². The molecule has 0 unspecified atom stereocenters. The van der Waals surface area contributed by atoms with Crippen molar-refractivity contribution in [2.45, 2.75) is 27.2 Å². The molecule has 0 aliphatic rings. The molecule has 1 N–H and O–H groups in total. The van der Waals surface area contributed by atoms with Crippen LogP contribution in [-0.2, 0) is 9.59 Å². The summed E-state index contributed by atoms with van der Waals surface area (Å²) in [5.41, 5.74) is 3.60. The zero-order valence-electron chi connectivity index (χ0n) is 16.5. The van der Waals surface area contributed by atoms with E-state index in [1.165, 1.54) is 24.5 Å². The molecule has 0 radical (unpaired) electrons. The van der Waals surface area contributed by atoms with Gasteiger partial charge in [-0.15, -0.1) is 0 Å². The van der Waals surface area contributed by atoms with Crippen molar-refractivity contribution in [3.05, 3.63) is 47.5 Å². The number of benzene rings is 2. The first kappa shape index (κ1) is 20.3. The summed E-state index contributed by atoms with van der Waals surface area (Å²) < 4.78 is 10.6. The Morgan fingerprint density at radius 2 is 1.74 bits per heavy atom. The number of carbonyl (C=O) groups excluding carboxylic acids is 2. The summed E-state index contributed by atoms with van der Waals surface area (Å²) in [4.78, 5) is 26.0. The van der Waals surface area contributed by atoms with E-state index in [4.69, 9.17) is 9.47 Å². The highest BCUT2D eigenvalue weighted by Gasteiger charge is 2.18. The number of carbonyl (C=O) groups is 2. The smallest absolute Gasteiger partial charge is 0.226 e. The molecule has 6 heteroatoms. The minimum atomic E-state index is -0.180. The standard InChI is InChI=1S/C21H26N2O4/c1-14-6-7-17(12-15(14)2)22-21(25)10-11-23(16(3)24)19-13-18(26-4)8-9-20(19)27-5/h6-9,12-13H,10-11H2,1-5H3,(H,22,25).